The maximum Gasteiger partial charge on any atom is 0.236 e. The van der Waals surface area contributed by atoms with Gasteiger partial charge in [-0.05, 0) is 0 Å². The lowest BCUT2D eigenvalue weighted by atomic mass is 10.2. The van der Waals surface area contributed by atoms with Crippen molar-refractivity contribution >= 4 is 15.9 Å². The molecule has 1 aliphatic rings. The molecule has 15 heavy (non-hydrogen) atoms. The quantitative estimate of drug-likeness (QED) is 0.741. The lowest BCUT2D eigenvalue weighted by Crippen LogP contribution is -2.33. The van der Waals surface area contributed by atoms with Crippen molar-refractivity contribution in [2.24, 2.45) is 5.16 Å². The predicted octanol–water partition coefficient (Wildman–Crippen LogP) is 0.597. The molecule has 0 saturated carbocycles. The third-order valence-electron chi connectivity index (χ3n) is 1.99. The Kier molecular flexibility index (Phi) is 2.36. The number of benzene rings is 1. The van der Waals surface area contributed by atoms with Gasteiger partial charge < -0.3 is 4.84 Å². The number of nitrogens with zero attached hydrogens (tertiary/aromatic N) is 2. The minimum Gasteiger partial charge on any atom is -0.371 e. The van der Waals surface area contributed by atoms with Gasteiger partial charge >= 0.3 is 0 Å². The molecule has 1 aromatic rings. The average molecular weight is 226 g/mol. The Bertz CT molecular complexity index is 481. The number of rotatable bonds is 2. The van der Waals surface area contributed by atoms with Crippen LogP contribution < -0.4 is 0 Å². The topological polar surface area (TPSA) is 59.0 Å². The number of amidine groups is 1. The molecule has 6 heteroatoms. The molecule has 0 spiro atoms. The van der Waals surface area contributed by atoms with E-state index in [2.05, 4.69) is 5.16 Å². The summed E-state index contributed by atoms with van der Waals surface area (Å²) >= 11 is 0. The Morgan fingerprint density at radius 2 is 2.00 bits per heavy atom. The molecule has 1 heterocycles. The van der Waals surface area contributed by atoms with Gasteiger partial charge in [-0.15, -0.1) is 0 Å². The first-order chi connectivity index (χ1) is 7.09. The molecule has 0 unspecified atom stereocenters. The molecular weight excluding hydrogens is 216 g/mol. The molecule has 0 N–H and O–H groups in total. The van der Waals surface area contributed by atoms with E-state index in [0.29, 0.717) is 5.84 Å². The summed E-state index contributed by atoms with van der Waals surface area (Å²) in [5.41, 5.74) is 0.723. The fraction of sp³-hybridized carbons (Fsp3) is 0.222. The number of sulfonamides is 1. The summed E-state index contributed by atoms with van der Waals surface area (Å²) in [4.78, 5) is 4.79. The maximum absolute atomic E-state index is 11.4. The summed E-state index contributed by atoms with van der Waals surface area (Å²) in [7, 11) is -3.32. The van der Waals surface area contributed by atoms with Crippen LogP contribution in [0.3, 0.4) is 0 Å². The Morgan fingerprint density at radius 3 is 2.60 bits per heavy atom. The van der Waals surface area contributed by atoms with Crippen molar-refractivity contribution in [1.82, 2.24) is 4.31 Å². The van der Waals surface area contributed by atoms with E-state index in [4.69, 9.17) is 4.84 Å². The van der Waals surface area contributed by atoms with E-state index >= 15 is 0 Å². The highest BCUT2D eigenvalue weighted by Crippen LogP contribution is 2.14. The van der Waals surface area contributed by atoms with Crippen LogP contribution in [0, 0.1) is 0 Å². The molecule has 1 aromatic carbocycles. The Morgan fingerprint density at radius 1 is 1.33 bits per heavy atom. The molecule has 0 radical (unpaired) electrons. The molecular formula is C9H10N2O3S. The van der Waals surface area contributed by atoms with Crippen LogP contribution in [-0.4, -0.2) is 31.5 Å². The third kappa shape index (κ3) is 1.94. The van der Waals surface area contributed by atoms with Crippen molar-refractivity contribution in [1.29, 1.82) is 0 Å². The second-order valence-corrected chi connectivity index (χ2v) is 5.06. The van der Waals surface area contributed by atoms with Crippen LogP contribution in [0.25, 0.3) is 0 Å². The maximum atomic E-state index is 11.4. The van der Waals surface area contributed by atoms with Crippen molar-refractivity contribution in [3.8, 4) is 0 Å². The molecule has 2 rings (SSSR count). The molecule has 5 nitrogen and oxygen atoms in total. The first-order valence-corrected chi connectivity index (χ1v) is 6.17. The van der Waals surface area contributed by atoms with Gasteiger partial charge in [0.25, 0.3) is 0 Å². The number of hydrogen-bond acceptors (Lipinski definition) is 4. The summed E-state index contributed by atoms with van der Waals surface area (Å²) in [6.45, 7) is -0.0525. The minimum absolute atomic E-state index is 0.0525. The minimum atomic E-state index is -3.32. The van der Waals surface area contributed by atoms with Crippen molar-refractivity contribution in [2.75, 3.05) is 13.0 Å². The molecule has 0 atom stereocenters. The lowest BCUT2D eigenvalue weighted by molar-refractivity contribution is 0.137. The predicted molar refractivity (Wildman–Crippen MR) is 55.6 cm³/mol. The van der Waals surface area contributed by atoms with Crippen LogP contribution in [0.5, 0.6) is 0 Å². The first-order valence-electron chi connectivity index (χ1n) is 4.32. The number of oxime groups is 1. The molecule has 1 aliphatic heterocycles. The van der Waals surface area contributed by atoms with Crippen molar-refractivity contribution in [2.45, 2.75) is 0 Å². The van der Waals surface area contributed by atoms with Gasteiger partial charge in [0.1, 0.15) is 0 Å². The highest BCUT2D eigenvalue weighted by Gasteiger charge is 2.28. The van der Waals surface area contributed by atoms with Crippen LogP contribution in [0.2, 0.25) is 0 Å². The zero-order valence-electron chi connectivity index (χ0n) is 8.12. The fourth-order valence-corrected chi connectivity index (χ4v) is 1.98. The molecule has 0 aromatic heterocycles. The summed E-state index contributed by atoms with van der Waals surface area (Å²) in [6.07, 6.45) is 1.13. The number of hydrogen-bond donors (Lipinski definition) is 0. The van der Waals surface area contributed by atoms with Gasteiger partial charge in [0.05, 0.1) is 6.26 Å². The van der Waals surface area contributed by atoms with E-state index in [9.17, 15) is 8.42 Å². The second kappa shape index (κ2) is 3.54. The van der Waals surface area contributed by atoms with E-state index in [0.717, 1.165) is 16.1 Å². The van der Waals surface area contributed by atoms with Crippen LogP contribution in [0.15, 0.2) is 35.5 Å². The van der Waals surface area contributed by atoms with Crippen LogP contribution in [0.4, 0.5) is 0 Å². The molecule has 0 bridgehead atoms. The van der Waals surface area contributed by atoms with Gasteiger partial charge in [0.15, 0.2) is 5.84 Å². The Balaban J connectivity index is 2.39. The average Bonchev–Trinajstić information content (AvgIpc) is 2.67. The normalized spacial score (nSPS) is 16.1. The Labute approximate surface area is 88.0 Å². The monoisotopic (exact) mass is 226 g/mol. The zero-order valence-corrected chi connectivity index (χ0v) is 8.94. The third-order valence-corrected chi connectivity index (χ3v) is 3.07. The van der Waals surface area contributed by atoms with E-state index < -0.39 is 10.0 Å². The van der Waals surface area contributed by atoms with E-state index in [1.807, 2.05) is 18.2 Å². The van der Waals surface area contributed by atoms with Gasteiger partial charge in [0, 0.05) is 5.56 Å². The highest BCUT2D eigenvalue weighted by atomic mass is 32.2. The van der Waals surface area contributed by atoms with Crippen LogP contribution in [0.1, 0.15) is 5.56 Å². The van der Waals surface area contributed by atoms with Gasteiger partial charge in [0.2, 0.25) is 16.8 Å². The van der Waals surface area contributed by atoms with Gasteiger partial charge in [-0.25, -0.2) is 12.7 Å². The smallest absolute Gasteiger partial charge is 0.236 e. The van der Waals surface area contributed by atoms with Gasteiger partial charge in [-0.3, -0.25) is 0 Å². The Hall–Kier alpha value is -1.56. The van der Waals surface area contributed by atoms with E-state index in [-0.39, 0.29) is 6.73 Å². The van der Waals surface area contributed by atoms with Crippen molar-refractivity contribution in [3.05, 3.63) is 35.9 Å². The van der Waals surface area contributed by atoms with Gasteiger partial charge in [-0.2, -0.15) is 0 Å². The lowest BCUT2D eigenvalue weighted by Gasteiger charge is -2.14. The second-order valence-electron chi connectivity index (χ2n) is 3.15. The molecule has 0 saturated heterocycles. The summed E-state index contributed by atoms with van der Waals surface area (Å²) in [5, 5.41) is 3.72. The van der Waals surface area contributed by atoms with E-state index in [1.54, 1.807) is 12.1 Å². The van der Waals surface area contributed by atoms with Crippen LogP contribution >= 0.6 is 0 Å². The molecule has 0 fully saturated rings. The summed E-state index contributed by atoms with van der Waals surface area (Å²) < 4.78 is 23.9. The van der Waals surface area contributed by atoms with E-state index in [1.165, 1.54) is 0 Å². The fourth-order valence-electron chi connectivity index (χ4n) is 1.29. The van der Waals surface area contributed by atoms with Gasteiger partial charge in [-0.1, -0.05) is 35.5 Å². The SMILES string of the molecule is CS(=O)(=O)N1CON=C1c1ccccc1. The molecule has 80 valence electrons. The van der Waals surface area contributed by atoms with Crippen molar-refractivity contribution in [3.63, 3.8) is 0 Å². The highest BCUT2D eigenvalue weighted by molar-refractivity contribution is 7.88. The summed E-state index contributed by atoms with van der Waals surface area (Å²) in [6, 6.07) is 9.05. The zero-order chi connectivity index (χ0) is 10.9. The first kappa shape index (κ1) is 9.97. The standard InChI is InChI=1S/C9H10N2O3S/c1-15(12,13)11-7-14-10-9(11)8-5-3-2-4-6-8/h2-6H,7H2,1H3. The largest absolute Gasteiger partial charge is 0.371 e. The van der Waals surface area contributed by atoms with Crippen molar-refractivity contribution < 1.29 is 13.3 Å². The molecule has 0 amide bonds. The van der Waals surface area contributed by atoms with Crippen LogP contribution in [-0.2, 0) is 14.9 Å². The summed E-state index contributed by atoms with van der Waals surface area (Å²) in [5.74, 6) is 0.332. The molecule has 0 aliphatic carbocycles.